The van der Waals surface area contributed by atoms with Crippen molar-refractivity contribution in [2.75, 3.05) is 13.2 Å². The number of hydrogen-bond acceptors (Lipinski definition) is 6. The molecule has 0 spiro atoms. The van der Waals surface area contributed by atoms with Crippen LogP contribution in [0, 0.1) is 25.6 Å². The Bertz CT molecular complexity index is 1780. The third-order valence-electron chi connectivity index (χ3n) is 8.44. The van der Waals surface area contributed by atoms with Gasteiger partial charge < -0.3 is 9.47 Å². The van der Waals surface area contributed by atoms with E-state index in [1.54, 1.807) is 29.4 Å². The van der Waals surface area contributed by atoms with Gasteiger partial charge >= 0.3 is 11.9 Å². The van der Waals surface area contributed by atoms with Crippen molar-refractivity contribution >= 4 is 28.0 Å². The molecule has 258 valence electrons. The molecule has 2 unspecified atom stereocenters. The number of benzene rings is 3. The summed E-state index contributed by atoms with van der Waals surface area (Å²) in [6.45, 7) is 13.9. The molecule has 1 heterocycles. The molecule has 3 aromatic rings. The molecule has 0 N–H and O–H groups in total. The molecule has 0 aromatic heterocycles. The number of allylic oxidation sites excluding steroid dienone is 1. The lowest BCUT2D eigenvalue weighted by Crippen LogP contribution is -2.33. The van der Waals surface area contributed by atoms with Crippen LogP contribution in [0.25, 0.3) is 6.08 Å². The topological polar surface area (TPSA) is 90.0 Å². The van der Waals surface area contributed by atoms with Crippen LogP contribution in [0.3, 0.4) is 0 Å². The van der Waals surface area contributed by atoms with Gasteiger partial charge in [0.05, 0.1) is 17.9 Å². The summed E-state index contributed by atoms with van der Waals surface area (Å²) in [5.74, 6) is -1.28. The lowest BCUT2D eigenvalue weighted by molar-refractivity contribution is -0.154. The summed E-state index contributed by atoms with van der Waals surface area (Å²) in [5.41, 5.74) is 5.27. The van der Waals surface area contributed by atoms with E-state index in [0.717, 1.165) is 38.9 Å². The fourth-order valence-corrected chi connectivity index (χ4v) is 7.95. The van der Waals surface area contributed by atoms with Gasteiger partial charge in [0, 0.05) is 25.4 Å². The van der Waals surface area contributed by atoms with E-state index in [1.807, 2.05) is 71.0 Å². The van der Waals surface area contributed by atoms with E-state index in [1.165, 1.54) is 12.1 Å². The second kappa shape index (κ2) is 15.6. The summed E-state index contributed by atoms with van der Waals surface area (Å²) in [4.78, 5) is 25.0. The van der Waals surface area contributed by atoms with Crippen LogP contribution in [0.5, 0.6) is 0 Å². The quantitative estimate of drug-likeness (QED) is 0.191. The molecule has 4 rings (SSSR count). The second-order valence-corrected chi connectivity index (χ2v) is 15.7. The molecule has 0 fully saturated rings. The Balaban J connectivity index is 1.60. The number of nitrogens with zero attached hydrogens (tertiary/aromatic N) is 1. The van der Waals surface area contributed by atoms with Crippen LogP contribution >= 0.6 is 0 Å². The number of hydrogen-bond donors (Lipinski definition) is 0. The molecular formula is C39H48FNO6S. The van der Waals surface area contributed by atoms with Crippen molar-refractivity contribution in [3.63, 3.8) is 0 Å². The lowest BCUT2D eigenvalue weighted by Gasteiger charge is -2.25. The lowest BCUT2D eigenvalue weighted by atomic mass is 9.84. The van der Waals surface area contributed by atoms with Crippen molar-refractivity contribution in [1.82, 2.24) is 4.31 Å². The van der Waals surface area contributed by atoms with Crippen LogP contribution in [0.4, 0.5) is 4.39 Å². The van der Waals surface area contributed by atoms with Gasteiger partial charge in [0.15, 0.2) is 0 Å². The molecular weight excluding hydrogens is 629 g/mol. The van der Waals surface area contributed by atoms with Crippen LogP contribution in [0.2, 0.25) is 0 Å². The van der Waals surface area contributed by atoms with Gasteiger partial charge in [-0.25, -0.2) is 12.8 Å². The molecule has 0 aliphatic carbocycles. The molecule has 0 radical (unpaired) electrons. The highest BCUT2D eigenvalue weighted by Gasteiger charge is 2.33. The van der Waals surface area contributed by atoms with Gasteiger partial charge in [-0.15, -0.1) is 0 Å². The Morgan fingerprint density at radius 1 is 1.02 bits per heavy atom. The highest BCUT2D eigenvalue weighted by atomic mass is 32.2. The second-order valence-electron chi connectivity index (χ2n) is 13.8. The Morgan fingerprint density at radius 3 is 2.46 bits per heavy atom. The SMILES string of the molecule is CCOC(=O)CC(c1ccc(C)c(CN2CC(C)Cc3cc(/C=C/CCC(=O)OC(C)(C)C)ccc3S2(=O)=O)c1)c1ccc(F)cc1C. The van der Waals surface area contributed by atoms with Crippen LogP contribution in [-0.4, -0.2) is 43.4 Å². The standard InChI is InChI=1S/C39H48FNO6S/c1-8-46-38(43)23-35(34-17-16-33(40)20-28(34)4)30-15-13-27(3)32(22-30)25-41-24-26(2)19-31-21-29(14-18-36(31)48(41,44)45)11-9-10-12-37(42)47-39(5,6)7/h9,11,13-18,20-22,26,35H,8,10,12,19,23-25H2,1-7H3/b11-9+. The molecule has 0 bridgehead atoms. The number of esters is 2. The predicted molar refractivity (Wildman–Crippen MR) is 186 cm³/mol. The zero-order valence-electron chi connectivity index (χ0n) is 29.1. The maximum absolute atomic E-state index is 14.1. The smallest absolute Gasteiger partial charge is 0.306 e. The molecule has 0 amide bonds. The number of rotatable bonds is 11. The Kier molecular flexibility index (Phi) is 12.0. The minimum absolute atomic E-state index is 0.0642. The molecule has 0 saturated heterocycles. The van der Waals surface area contributed by atoms with Gasteiger partial charge in [-0.2, -0.15) is 4.31 Å². The number of carbonyl (C=O) groups excluding carboxylic acids is 2. The first-order valence-electron chi connectivity index (χ1n) is 16.6. The van der Waals surface area contributed by atoms with Crippen molar-refractivity contribution in [2.24, 2.45) is 5.92 Å². The summed E-state index contributed by atoms with van der Waals surface area (Å²) in [5, 5.41) is 0. The van der Waals surface area contributed by atoms with Crippen molar-refractivity contribution in [3.8, 4) is 0 Å². The van der Waals surface area contributed by atoms with Crippen LogP contribution in [0.15, 0.2) is 65.6 Å². The van der Waals surface area contributed by atoms with E-state index in [0.29, 0.717) is 24.3 Å². The van der Waals surface area contributed by atoms with E-state index in [2.05, 4.69) is 6.92 Å². The van der Waals surface area contributed by atoms with Gasteiger partial charge in [0.1, 0.15) is 11.4 Å². The molecule has 0 saturated carbocycles. The Labute approximate surface area is 285 Å². The van der Waals surface area contributed by atoms with Gasteiger partial charge in [-0.3, -0.25) is 9.59 Å². The first-order valence-corrected chi connectivity index (χ1v) is 18.0. The van der Waals surface area contributed by atoms with Crippen LogP contribution in [0.1, 0.15) is 98.7 Å². The van der Waals surface area contributed by atoms with Crippen molar-refractivity contribution < 1.29 is 31.9 Å². The monoisotopic (exact) mass is 677 g/mol. The molecule has 48 heavy (non-hydrogen) atoms. The number of aryl methyl sites for hydroxylation is 2. The number of sulfonamides is 1. The first-order chi connectivity index (χ1) is 22.6. The third-order valence-corrected chi connectivity index (χ3v) is 10.3. The Morgan fingerprint density at radius 2 is 1.77 bits per heavy atom. The number of halogens is 1. The van der Waals surface area contributed by atoms with E-state index >= 15 is 0 Å². The van der Waals surface area contributed by atoms with E-state index in [9.17, 15) is 22.4 Å². The van der Waals surface area contributed by atoms with E-state index in [4.69, 9.17) is 9.47 Å². The average molecular weight is 678 g/mol. The molecule has 1 aliphatic heterocycles. The highest BCUT2D eigenvalue weighted by Crippen LogP contribution is 2.35. The summed E-state index contributed by atoms with van der Waals surface area (Å²) >= 11 is 0. The maximum atomic E-state index is 14.1. The number of fused-ring (bicyclic) bond motifs is 1. The normalized spacial score (nSPS) is 17.0. The summed E-state index contributed by atoms with van der Waals surface area (Å²) in [6, 6.07) is 15.8. The fraction of sp³-hybridized carbons (Fsp3) is 0.436. The van der Waals surface area contributed by atoms with E-state index < -0.39 is 15.6 Å². The van der Waals surface area contributed by atoms with Gasteiger partial charge in [-0.05, 0) is 117 Å². The Hall–Kier alpha value is -3.82. The molecule has 9 heteroatoms. The summed E-state index contributed by atoms with van der Waals surface area (Å²) < 4.78 is 54.5. The van der Waals surface area contributed by atoms with Crippen LogP contribution in [-0.2, 0) is 42.1 Å². The fourth-order valence-electron chi connectivity index (χ4n) is 6.19. The van der Waals surface area contributed by atoms with Crippen molar-refractivity contribution in [2.45, 2.75) is 97.1 Å². The van der Waals surface area contributed by atoms with Crippen molar-refractivity contribution in [1.29, 1.82) is 0 Å². The summed E-state index contributed by atoms with van der Waals surface area (Å²) in [6.07, 6.45) is 5.29. The zero-order chi connectivity index (χ0) is 35.2. The average Bonchev–Trinajstić information content (AvgIpc) is 3.07. The molecule has 3 aromatic carbocycles. The summed E-state index contributed by atoms with van der Waals surface area (Å²) in [7, 11) is -3.83. The van der Waals surface area contributed by atoms with Gasteiger partial charge in [0.2, 0.25) is 10.0 Å². The zero-order valence-corrected chi connectivity index (χ0v) is 30.0. The van der Waals surface area contributed by atoms with E-state index in [-0.39, 0.29) is 55.6 Å². The largest absolute Gasteiger partial charge is 0.466 e. The van der Waals surface area contributed by atoms with Gasteiger partial charge in [0.25, 0.3) is 0 Å². The molecule has 7 nitrogen and oxygen atoms in total. The minimum Gasteiger partial charge on any atom is -0.466 e. The maximum Gasteiger partial charge on any atom is 0.306 e. The predicted octanol–water partition coefficient (Wildman–Crippen LogP) is 8.05. The van der Waals surface area contributed by atoms with Crippen LogP contribution < -0.4 is 0 Å². The minimum atomic E-state index is -3.83. The molecule has 1 aliphatic rings. The third kappa shape index (κ3) is 9.63. The number of ether oxygens (including phenoxy) is 2. The highest BCUT2D eigenvalue weighted by molar-refractivity contribution is 7.89. The van der Waals surface area contributed by atoms with Crippen molar-refractivity contribution in [3.05, 3.63) is 105 Å². The first kappa shape index (κ1) is 37.0. The van der Waals surface area contributed by atoms with Gasteiger partial charge in [-0.1, -0.05) is 55.5 Å². The molecule has 2 atom stereocenters. The number of carbonyl (C=O) groups is 2.